The molecule has 0 fully saturated rings. The Morgan fingerprint density at radius 2 is 2.04 bits per heavy atom. The molecule has 7 nitrogen and oxygen atoms in total. The number of rotatable bonds is 4. The van der Waals surface area contributed by atoms with E-state index in [9.17, 15) is 14.7 Å². The van der Waals surface area contributed by atoms with Crippen LogP contribution in [0, 0.1) is 0 Å². The van der Waals surface area contributed by atoms with E-state index in [-0.39, 0.29) is 17.1 Å². The third-order valence-electron chi connectivity index (χ3n) is 3.65. The highest BCUT2D eigenvalue weighted by molar-refractivity contribution is 7.80. The van der Waals surface area contributed by atoms with Crippen molar-refractivity contribution in [1.82, 2.24) is 4.57 Å². The molecule has 1 aromatic carbocycles. The van der Waals surface area contributed by atoms with Crippen LogP contribution in [0.5, 0.6) is 0 Å². The number of benzene rings is 1. The highest BCUT2D eigenvalue weighted by atomic mass is 32.1. The zero-order valence-corrected chi connectivity index (χ0v) is 15.6. The first kappa shape index (κ1) is 19.0. The second kappa shape index (κ2) is 6.87. The fourth-order valence-electron chi connectivity index (χ4n) is 2.51. The second-order valence-corrected chi connectivity index (χ2v) is 7.15. The predicted molar refractivity (Wildman–Crippen MR) is 101 cm³/mol. The van der Waals surface area contributed by atoms with Gasteiger partial charge in [-0.3, -0.25) is 4.90 Å². The van der Waals surface area contributed by atoms with Crippen LogP contribution in [0.1, 0.15) is 20.8 Å². The van der Waals surface area contributed by atoms with Crippen molar-refractivity contribution in [3.05, 3.63) is 24.4 Å². The van der Waals surface area contributed by atoms with Crippen LogP contribution < -0.4 is 10.6 Å². The summed E-state index contributed by atoms with van der Waals surface area (Å²) in [6.07, 6.45) is 1.08. The van der Waals surface area contributed by atoms with Crippen molar-refractivity contribution in [1.29, 1.82) is 0 Å². The van der Waals surface area contributed by atoms with Crippen molar-refractivity contribution in [2.75, 3.05) is 16.4 Å². The number of anilines is 2. The maximum absolute atomic E-state index is 12.7. The van der Waals surface area contributed by atoms with Gasteiger partial charge in [0.15, 0.2) is 0 Å². The lowest BCUT2D eigenvalue weighted by Gasteiger charge is -2.31. The van der Waals surface area contributed by atoms with E-state index in [4.69, 9.17) is 10.5 Å². The summed E-state index contributed by atoms with van der Waals surface area (Å²) in [4.78, 5) is 25.4. The van der Waals surface area contributed by atoms with Crippen LogP contribution in [0.3, 0.4) is 0 Å². The number of hydrogen-bond donors (Lipinski definition) is 3. The van der Waals surface area contributed by atoms with E-state index in [1.807, 2.05) is 23.9 Å². The third-order valence-corrected chi connectivity index (χ3v) is 4.00. The Bertz CT molecular complexity index is 810. The average molecular weight is 365 g/mol. The van der Waals surface area contributed by atoms with Crippen LogP contribution in [-0.2, 0) is 16.6 Å². The van der Waals surface area contributed by atoms with Gasteiger partial charge in [0.1, 0.15) is 11.6 Å². The molecule has 0 saturated heterocycles. The number of carbonyl (C=O) groups excluding carboxylic acids is 1. The number of carboxylic acid groups (broad SMARTS) is 1. The molecule has 136 valence electrons. The van der Waals surface area contributed by atoms with Gasteiger partial charge in [-0.2, -0.15) is 12.6 Å². The van der Waals surface area contributed by atoms with Gasteiger partial charge in [-0.15, -0.1) is 0 Å². The Labute approximate surface area is 151 Å². The van der Waals surface area contributed by atoms with Crippen LogP contribution in [-0.4, -0.2) is 39.1 Å². The topological polar surface area (TPSA) is 97.8 Å². The Hall–Kier alpha value is -2.35. The molecule has 0 saturated carbocycles. The van der Waals surface area contributed by atoms with E-state index < -0.39 is 23.7 Å². The molecular weight excluding hydrogens is 342 g/mol. The van der Waals surface area contributed by atoms with Gasteiger partial charge in [0, 0.05) is 29.9 Å². The first-order valence-electron chi connectivity index (χ1n) is 7.75. The number of carboxylic acids is 1. The molecule has 2 aromatic rings. The zero-order chi connectivity index (χ0) is 18.9. The molecule has 3 N–H and O–H groups in total. The van der Waals surface area contributed by atoms with Gasteiger partial charge in [-0.25, -0.2) is 9.59 Å². The summed E-state index contributed by atoms with van der Waals surface area (Å²) in [6.45, 7) is 5.13. The predicted octanol–water partition coefficient (Wildman–Crippen LogP) is 2.89. The minimum atomic E-state index is -1.21. The highest BCUT2D eigenvalue weighted by Crippen LogP contribution is 2.32. The van der Waals surface area contributed by atoms with Gasteiger partial charge >= 0.3 is 12.1 Å². The lowest BCUT2D eigenvalue weighted by molar-refractivity contribution is -0.138. The van der Waals surface area contributed by atoms with Crippen molar-refractivity contribution >= 4 is 47.0 Å². The largest absolute Gasteiger partial charge is 0.480 e. The van der Waals surface area contributed by atoms with E-state index in [1.54, 1.807) is 32.9 Å². The van der Waals surface area contributed by atoms with E-state index >= 15 is 0 Å². The van der Waals surface area contributed by atoms with Gasteiger partial charge in [-0.05, 0) is 39.0 Å². The number of carbonyl (C=O) groups is 2. The Balaban J connectivity index is 2.62. The van der Waals surface area contributed by atoms with Crippen molar-refractivity contribution in [3.8, 4) is 0 Å². The number of aliphatic carboxylic acids is 1. The van der Waals surface area contributed by atoms with Gasteiger partial charge in [-0.1, -0.05) is 0 Å². The van der Waals surface area contributed by atoms with E-state index in [0.29, 0.717) is 0 Å². The van der Waals surface area contributed by atoms with Gasteiger partial charge < -0.3 is 20.1 Å². The molecule has 1 unspecified atom stereocenters. The molecule has 0 bridgehead atoms. The van der Waals surface area contributed by atoms with Gasteiger partial charge in [0.25, 0.3) is 0 Å². The second-order valence-electron chi connectivity index (χ2n) is 6.78. The molecule has 25 heavy (non-hydrogen) atoms. The number of aromatic nitrogens is 1. The summed E-state index contributed by atoms with van der Waals surface area (Å²) in [5.41, 5.74) is 6.73. The molecular formula is C17H23N3O4S. The molecule has 8 heteroatoms. The van der Waals surface area contributed by atoms with E-state index in [1.165, 1.54) is 0 Å². The standard InChI is InChI=1S/C17H23N3O4S/c1-17(2,3)24-16(23)20(14(9-25)15(21)22)13-8-12-10(7-11(13)18)5-6-19(12)4/h5-8,14,25H,9,18H2,1-4H3,(H,21,22). The number of nitrogen functional groups attached to an aromatic ring is 1. The number of fused-ring (bicyclic) bond motifs is 1. The Kier molecular flexibility index (Phi) is 5.22. The lowest BCUT2D eigenvalue weighted by atomic mass is 10.1. The Morgan fingerprint density at radius 3 is 2.56 bits per heavy atom. The molecule has 1 amide bonds. The summed E-state index contributed by atoms with van der Waals surface area (Å²) >= 11 is 4.09. The maximum Gasteiger partial charge on any atom is 0.415 e. The zero-order valence-electron chi connectivity index (χ0n) is 14.7. The smallest absolute Gasteiger partial charge is 0.415 e. The van der Waals surface area contributed by atoms with Crippen LogP contribution in [0.4, 0.5) is 16.2 Å². The molecule has 0 aliphatic heterocycles. The van der Waals surface area contributed by atoms with Crippen molar-refractivity contribution in [2.24, 2.45) is 7.05 Å². The monoisotopic (exact) mass is 365 g/mol. The summed E-state index contributed by atoms with van der Waals surface area (Å²) in [7, 11) is 1.85. The number of aryl methyl sites for hydroxylation is 1. The van der Waals surface area contributed by atoms with Crippen molar-refractivity contribution < 1.29 is 19.4 Å². The average Bonchev–Trinajstić information content (AvgIpc) is 2.82. The molecule has 1 heterocycles. The number of nitrogens with zero attached hydrogens (tertiary/aromatic N) is 2. The van der Waals surface area contributed by atoms with Gasteiger partial charge in [0.2, 0.25) is 0 Å². The van der Waals surface area contributed by atoms with Crippen LogP contribution >= 0.6 is 12.6 Å². The number of amides is 1. The van der Waals surface area contributed by atoms with E-state index in [0.717, 1.165) is 15.8 Å². The normalized spacial score (nSPS) is 12.8. The number of thiol groups is 1. The van der Waals surface area contributed by atoms with Crippen LogP contribution in [0.15, 0.2) is 24.4 Å². The van der Waals surface area contributed by atoms with E-state index in [2.05, 4.69) is 12.6 Å². The summed E-state index contributed by atoms with van der Waals surface area (Å²) < 4.78 is 7.26. The fraction of sp³-hybridized carbons (Fsp3) is 0.412. The van der Waals surface area contributed by atoms with Gasteiger partial charge in [0.05, 0.1) is 11.4 Å². The summed E-state index contributed by atoms with van der Waals surface area (Å²) in [5, 5.41) is 10.4. The first-order valence-corrected chi connectivity index (χ1v) is 8.39. The number of hydrogen-bond acceptors (Lipinski definition) is 5. The summed E-state index contributed by atoms with van der Waals surface area (Å²) in [6, 6.07) is 4.08. The summed E-state index contributed by atoms with van der Waals surface area (Å²) in [5.74, 6) is -1.27. The molecule has 0 aliphatic carbocycles. The maximum atomic E-state index is 12.7. The third kappa shape index (κ3) is 4.01. The molecule has 1 aromatic heterocycles. The number of nitrogens with two attached hydrogens (primary N) is 1. The highest BCUT2D eigenvalue weighted by Gasteiger charge is 2.34. The van der Waals surface area contributed by atoms with Crippen LogP contribution in [0.2, 0.25) is 0 Å². The quantitative estimate of drug-likeness (QED) is 0.572. The molecule has 2 rings (SSSR count). The van der Waals surface area contributed by atoms with Crippen molar-refractivity contribution in [2.45, 2.75) is 32.4 Å². The lowest BCUT2D eigenvalue weighted by Crippen LogP contribution is -2.49. The van der Waals surface area contributed by atoms with Crippen molar-refractivity contribution in [3.63, 3.8) is 0 Å². The Morgan fingerprint density at radius 1 is 1.40 bits per heavy atom. The molecule has 1 atom stereocenters. The number of ether oxygens (including phenoxy) is 1. The first-order chi connectivity index (χ1) is 11.5. The fourth-order valence-corrected chi connectivity index (χ4v) is 2.83. The molecule has 0 radical (unpaired) electrons. The SMILES string of the molecule is Cn1ccc2cc(N)c(N(C(=O)OC(C)(C)C)C(CS)C(=O)O)cc21. The minimum absolute atomic E-state index is 0.0841. The molecule has 0 spiro atoms. The van der Waals surface area contributed by atoms with Crippen LogP contribution in [0.25, 0.3) is 10.9 Å². The minimum Gasteiger partial charge on any atom is -0.480 e. The molecule has 0 aliphatic rings.